The molecule has 3 rings (SSSR count). The van der Waals surface area contributed by atoms with Crippen LogP contribution in [0.15, 0.2) is 29.2 Å². The lowest BCUT2D eigenvalue weighted by atomic mass is 10.3. The van der Waals surface area contributed by atoms with Crippen molar-refractivity contribution in [1.29, 1.82) is 0 Å². The van der Waals surface area contributed by atoms with Gasteiger partial charge in [0.05, 0.1) is 11.6 Å². The summed E-state index contributed by atoms with van der Waals surface area (Å²) >= 11 is 0. The first-order valence-electron chi connectivity index (χ1n) is 8.80. The van der Waals surface area contributed by atoms with Gasteiger partial charge in [0.2, 0.25) is 10.0 Å². The Labute approximate surface area is 162 Å². The van der Waals surface area contributed by atoms with E-state index in [0.717, 1.165) is 15.9 Å². The minimum absolute atomic E-state index is 0.0829. The molecule has 0 N–H and O–H groups in total. The van der Waals surface area contributed by atoms with Crippen molar-refractivity contribution < 1.29 is 27.2 Å². The lowest BCUT2D eigenvalue weighted by molar-refractivity contribution is -0.144. The van der Waals surface area contributed by atoms with Crippen LogP contribution in [0.3, 0.4) is 0 Å². The van der Waals surface area contributed by atoms with Gasteiger partial charge in [-0.05, 0) is 32.0 Å². The molecule has 0 aliphatic carbocycles. The van der Waals surface area contributed by atoms with E-state index in [1.807, 2.05) is 0 Å². The van der Waals surface area contributed by atoms with Crippen LogP contribution in [-0.4, -0.2) is 84.2 Å². The second kappa shape index (κ2) is 7.57. The van der Waals surface area contributed by atoms with Crippen molar-refractivity contribution in [3.63, 3.8) is 0 Å². The number of piperazine rings is 1. The monoisotopic (exact) mass is 412 g/mol. The zero-order valence-corrected chi connectivity index (χ0v) is 16.4. The van der Waals surface area contributed by atoms with Gasteiger partial charge in [0.25, 0.3) is 0 Å². The first kappa shape index (κ1) is 20.4. The van der Waals surface area contributed by atoms with Crippen molar-refractivity contribution in [1.82, 2.24) is 19.0 Å². The summed E-state index contributed by atoms with van der Waals surface area (Å²) in [6, 6.07) is 3.71. The van der Waals surface area contributed by atoms with Crippen LogP contribution in [0.5, 0.6) is 0 Å². The molecule has 2 aliphatic heterocycles. The second-order valence-electron chi connectivity index (χ2n) is 6.91. The fourth-order valence-electron chi connectivity index (χ4n) is 3.19. The van der Waals surface area contributed by atoms with Gasteiger partial charge in [-0.1, -0.05) is 6.07 Å². The fraction of sp³-hybridized carbons (Fsp3) is 0.471. The standard InChI is InChI=1S/C17H21FN4O5S/c1-12(2)22-16(24)15(23)21(17(22)25)11-19-6-8-20(9-7-19)28(26,27)14-5-3-4-13(18)10-14/h3-5,10,12H,6-9,11H2,1-2H3. The number of imide groups is 2. The van der Waals surface area contributed by atoms with E-state index in [1.165, 1.54) is 22.5 Å². The topological polar surface area (TPSA) is 98.3 Å². The quantitative estimate of drug-likeness (QED) is 0.509. The maximum Gasteiger partial charge on any atom is 0.335 e. The molecule has 0 aromatic heterocycles. The molecule has 0 bridgehead atoms. The first-order chi connectivity index (χ1) is 13.1. The summed E-state index contributed by atoms with van der Waals surface area (Å²) in [5.74, 6) is -2.37. The number of rotatable bonds is 5. The molecule has 0 saturated carbocycles. The Morgan fingerprint density at radius 3 is 2.21 bits per heavy atom. The maximum absolute atomic E-state index is 13.4. The summed E-state index contributed by atoms with van der Waals surface area (Å²) in [4.78, 5) is 39.8. The molecular weight excluding hydrogens is 391 g/mol. The Morgan fingerprint density at radius 1 is 1.04 bits per heavy atom. The fourth-order valence-corrected chi connectivity index (χ4v) is 4.64. The third-order valence-electron chi connectivity index (χ3n) is 4.71. The van der Waals surface area contributed by atoms with E-state index >= 15 is 0 Å². The molecule has 4 amide bonds. The molecule has 11 heteroatoms. The van der Waals surface area contributed by atoms with Gasteiger partial charge in [0.15, 0.2) is 0 Å². The van der Waals surface area contributed by atoms with Crippen LogP contribution in [0.25, 0.3) is 0 Å². The Morgan fingerprint density at radius 2 is 1.68 bits per heavy atom. The Kier molecular flexibility index (Phi) is 5.50. The number of hydrogen-bond acceptors (Lipinski definition) is 6. The predicted molar refractivity (Wildman–Crippen MR) is 95.8 cm³/mol. The number of halogens is 1. The smallest absolute Gasteiger partial charge is 0.283 e. The van der Waals surface area contributed by atoms with Crippen molar-refractivity contribution in [2.24, 2.45) is 0 Å². The molecule has 2 saturated heterocycles. The van der Waals surface area contributed by atoms with E-state index in [-0.39, 0.29) is 37.7 Å². The summed E-state index contributed by atoms with van der Waals surface area (Å²) in [5, 5.41) is 0. The van der Waals surface area contributed by atoms with Crippen LogP contribution in [0.2, 0.25) is 0 Å². The summed E-state index contributed by atoms with van der Waals surface area (Å²) in [5.41, 5.74) is 0. The van der Waals surface area contributed by atoms with Crippen LogP contribution in [0.1, 0.15) is 13.8 Å². The summed E-state index contributed by atoms with van der Waals surface area (Å²) in [6.07, 6.45) is 0. The normalized spacial score (nSPS) is 19.9. The molecule has 0 spiro atoms. The van der Waals surface area contributed by atoms with Gasteiger partial charge < -0.3 is 0 Å². The van der Waals surface area contributed by atoms with Crippen LogP contribution in [0.4, 0.5) is 9.18 Å². The van der Waals surface area contributed by atoms with E-state index < -0.39 is 39.7 Å². The van der Waals surface area contributed by atoms with Crippen molar-refractivity contribution in [3.05, 3.63) is 30.1 Å². The molecule has 0 atom stereocenters. The molecule has 28 heavy (non-hydrogen) atoms. The molecule has 1 aromatic rings. The maximum atomic E-state index is 13.4. The van der Waals surface area contributed by atoms with Crippen LogP contribution >= 0.6 is 0 Å². The Balaban J connectivity index is 1.64. The molecule has 152 valence electrons. The van der Waals surface area contributed by atoms with Crippen LogP contribution in [0, 0.1) is 5.82 Å². The summed E-state index contributed by atoms with van der Waals surface area (Å²) in [6.45, 7) is 3.97. The van der Waals surface area contributed by atoms with Gasteiger partial charge in [0, 0.05) is 32.2 Å². The summed E-state index contributed by atoms with van der Waals surface area (Å²) < 4.78 is 39.8. The lowest BCUT2D eigenvalue weighted by Crippen LogP contribution is -2.52. The van der Waals surface area contributed by atoms with Gasteiger partial charge in [-0.25, -0.2) is 22.5 Å². The third-order valence-corrected chi connectivity index (χ3v) is 6.60. The molecule has 0 unspecified atom stereocenters. The molecule has 0 radical (unpaired) electrons. The number of sulfonamides is 1. The zero-order chi connectivity index (χ0) is 20.6. The number of carbonyl (C=O) groups excluding carboxylic acids is 3. The molecule has 2 heterocycles. The lowest BCUT2D eigenvalue weighted by Gasteiger charge is -2.35. The number of carbonyl (C=O) groups is 3. The van der Waals surface area contributed by atoms with Crippen molar-refractivity contribution >= 4 is 27.9 Å². The van der Waals surface area contributed by atoms with E-state index in [4.69, 9.17) is 0 Å². The molecular formula is C17H21FN4O5S. The molecule has 2 aliphatic rings. The highest BCUT2D eigenvalue weighted by atomic mass is 32.2. The minimum atomic E-state index is -3.83. The molecule has 9 nitrogen and oxygen atoms in total. The highest BCUT2D eigenvalue weighted by molar-refractivity contribution is 7.89. The van der Waals surface area contributed by atoms with E-state index in [1.54, 1.807) is 18.7 Å². The SMILES string of the molecule is CC(C)N1C(=O)C(=O)N(CN2CCN(S(=O)(=O)c3cccc(F)c3)CC2)C1=O. The van der Waals surface area contributed by atoms with Crippen LogP contribution < -0.4 is 0 Å². The average Bonchev–Trinajstić information content (AvgIpc) is 2.85. The Bertz CT molecular complexity index is 912. The van der Waals surface area contributed by atoms with E-state index in [0.29, 0.717) is 0 Å². The average molecular weight is 412 g/mol. The molecule has 1 aromatic carbocycles. The van der Waals surface area contributed by atoms with E-state index in [9.17, 15) is 27.2 Å². The van der Waals surface area contributed by atoms with Gasteiger partial charge in [0.1, 0.15) is 5.82 Å². The zero-order valence-electron chi connectivity index (χ0n) is 15.5. The van der Waals surface area contributed by atoms with Crippen molar-refractivity contribution in [2.45, 2.75) is 24.8 Å². The number of benzene rings is 1. The predicted octanol–water partition coefficient (Wildman–Crippen LogP) is 0.289. The van der Waals surface area contributed by atoms with Gasteiger partial charge >= 0.3 is 17.8 Å². The highest BCUT2D eigenvalue weighted by Crippen LogP contribution is 2.20. The first-order valence-corrected chi connectivity index (χ1v) is 10.2. The minimum Gasteiger partial charge on any atom is -0.283 e. The van der Waals surface area contributed by atoms with E-state index in [2.05, 4.69) is 0 Å². The number of urea groups is 1. The number of amides is 4. The second-order valence-corrected chi connectivity index (χ2v) is 8.84. The van der Waals surface area contributed by atoms with Crippen molar-refractivity contribution in [2.75, 3.05) is 32.8 Å². The van der Waals surface area contributed by atoms with Gasteiger partial charge in [-0.3, -0.25) is 19.4 Å². The largest absolute Gasteiger partial charge is 0.335 e. The van der Waals surface area contributed by atoms with Crippen molar-refractivity contribution in [3.8, 4) is 0 Å². The molecule has 2 fully saturated rings. The van der Waals surface area contributed by atoms with Gasteiger partial charge in [-0.2, -0.15) is 4.31 Å². The number of hydrogen-bond donors (Lipinski definition) is 0. The number of nitrogens with zero attached hydrogens (tertiary/aromatic N) is 4. The van der Waals surface area contributed by atoms with Gasteiger partial charge in [-0.15, -0.1) is 0 Å². The highest BCUT2D eigenvalue weighted by Gasteiger charge is 2.46. The Hall–Kier alpha value is -2.37. The third kappa shape index (κ3) is 3.64. The van der Waals surface area contributed by atoms with Crippen LogP contribution in [-0.2, 0) is 19.6 Å². The summed E-state index contributed by atoms with van der Waals surface area (Å²) in [7, 11) is -3.83.